The minimum atomic E-state index is -0.300. The van der Waals surface area contributed by atoms with Crippen LogP contribution in [0.25, 0.3) is 11.1 Å². The maximum absolute atomic E-state index is 12.9. The van der Waals surface area contributed by atoms with Gasteiger partial charge >= 0.3 is 0 Å². The number of carbonyl (C=O) groups is 2. The molecule has 0 atom stereocenters. The van der Waals surface area contributed by atoms with Crippen LogP contribution in [0.1, 0.15) is 24.2 Å². The van der Waals surface area contributed by atoms with Gasteiger partial charge in [0.05, 0.1) is 12.9 Å². The standard InChI is InChI=1S/C25H26N2O3S/c1-18(2)27(26-25(29)20-9-5-4-6-10-20)24(28)17-31-23-12-8-7-11-22(23)19-13-15-21(30-3)16-14-19/h4-16,18H,17H2,1-3H3,(H,26,29). The van der Waals surface area contributed by atoms with E-state index in [9.17, 15) is 9.59 Å². The van der Waals surface area contributed by atoms with Crippen molar-refractivity contribution in [2.24, 2.45) is 0 Å². The minimum absolute atomic E-state index is 0.159. The SMILES string of the molecule is COc1ccc(-c2ccccc2SCC(=O)N(NC(=O)c2ccccc2)C(C)C)cc1. The Labute approximate surface area is 187 Å². The number of rotatable bonds is 7. The second-order valence-electron chi connectivity index (χ2n) is 7.18. The number of amides is 2. The van der Waals surface area contributed by atoms with Crippen molar-refractivity contribution >= 4 is 23.6 Å². The van der Waals surface area contributed by atoms with Gasteiger partial charge in [-0.1, -0.05) is 48.5 Å². The first-order valence-corrected chi connectivity index (χ1v) is 11.0. The summed E-state index contributed by atoms with van der Waals surface area (Å²) >= 11 is 1.45. The van der Waals surface area contributed by atoms with Crippen molar-refractivity contribution < 1.29 is 14.3 Å². The summed E-state index contributed by atoms with van der Waals surface area (Å²) in [6.07, 6.45) is 0. The molecule has 0 radical (unpaired) electrons. The highest BCUT2D eigenvalue weighted by molar-refractivity contribution is 8.00. The molecule has 1 N–H and O–H groups in total. The molecule has 0 saturated heterocycles. The van der Waals surface area contributed by atoms with Crippen LogP contribution in [0.5, 0.6) is 5.75 Å². The van der Waals surface area contributed by atoms with Gasteiger partial charge in [0, 0.05) is 16.5 Å². The summed E-state index contributed by atoms with van der Waals surface area (Å²) < 4.78 is 5.24. The second-order valence-corrected chi connectivity index (χ2v) is 8.19. The highest BCUT2D eigenvalue weighted by Gasteiger charge is 2.21. The van der Waals surface area contributed by atoms with Gasteiger partial charge in [0.1, 0.15) is 5.75 Å². The number of nitrogens with one attached hydrogen (secondary N) is 1. The van der Waals surface area contributed by atoms with Crippen LogP contribution in [0.3, 0.4) is 0 Å². The molecule has 0 bridgehead atoms. The van der Waals surface area contributed by atoms with Crippen molar-refractivity contribution in [1.82, 2.24) is 10.4 Å². The summed E-state index contributed by atoms with van der Waals surface area (Å²) in [7, 11) is 1.64. The van der Waals surface area contributed by atoms with Crippen molar-refractivity contribution in [3.8, 4) is 16.9 Å². The van der Waals surface area contributed by atoms with E-state index < -0.39 is 0 Å². The van der Waals surface area contributed by atoms with E-state index in [4.69, 9.17) is 4.74 Å². The Morgan fingerprint density at radius 3 is 2.23 bits per heavy atom. The third-order valence-electron chi connectivity index (χ3n) is 4.68. The lowest BCUT2D eigenvalue weighted by molar-refractivity contribution is -0.132. The number of methoxy groups -OCH3 is 1. The fourth-order valence-corrected chi connectivity index (χ4v) is 3.99. The van der Waals surface area contributed by atoms with E-state index >= 15 is 0 Å². The molecule has 31 heavy (non-hydrogen) atoms. The molecule has 2 amide bonds. The van der Waals surface area contributed by atoms with Crippen LogP contribution >= 0.6 is 11.8 Å². The van der Waals surface area contributed by atoms with Crippen molar-refractivity contribution in [3.63, 3.8) is 0 Å². The van der Waals surface area contributed by atoms with Crippen LogP contribution in [-0.2, 0) is 4.79 Å². The Bertz CT molecular complexity index is 1020. The van der Waals surface area contributed by atoms with Gasteiger partial charge < -0.3 is 4.74 Å². The van der Waals surface area contributed by atoms with Crippen LogP contribution in [0.15, 0.2) is 83.8 Å². The maximum Gasteiger partial charge on any atom is 0.269 e. The summed E-state index contributed by atoms with van der Waals surface area (Å²) in [4.78, 5) is 26.4. The van der Waals surface area contributed by atoms with Crippen molar-refractivity contribution in [3.05, 3.63) is 84.4 Å². The van der Waals surface area contributed by atoms with Gasteiger partial charge in [-0.25, -0.2) is 0 Å². The summed E-state index contributed by atoms with van der Waals surface area (Å²) in [5.74, 6) is 0.548. The molecule has 0 heterocycles. The predicted octanol–water partition coefficient (Wildman–Crippen LogP) is 5.04. The van der Waals surface area contributed by atoms with Gasteiger partial charge in [-0.2, -0.15) is 0 Å². The predicted molar refractivity (Wildman–Crippen MR) is 125 cm³/mol. The molecule has 0 aromatic heterocycles. The number of hydrogen-bond donors (Lipinski definition) is 1. The molecule has 5 nitrogen and oxygen atoms in total. The number of hydrogen-bond acceptors (Lipinski definition) is 4. The first-order chi connectivity index (χ1) is 15.0. The zero-order valence-corrected chi connectivity index (χ0v) is 18.7. The van der Waals surface area contributed by atoms with Crippen LogP contribution in [0.2, 0.25) is 0 Å². The molecule has 160 valence electrons. The zero-order chi connectivity index (χ0) is 22.2. The lowest BCUT2D eigenvalue weighted by Gasteiger charge is -2.27. The molecule has 3 aromatic rings. The summed E-state index contributed by atoms with van der Waals surface area (Å²) in [5, 5.41) is 1.40. The van der Waals surface area contributed by atoms with E-state index in [0.717, 1.165) is 21.8 Å². The third kappa shape index (κ3) is 5.89. The quantitative estimate of drug-likeness (QED) is 0.418. The van der Waals surface area contributed by atoms with Crippen molar-refractivity contribution in [1.29, 1.82) is 0 Å². The van der Waals surface area contributed by atoms with Crippen LogP contribution in [0.4, 0.5) is 0 Å². The normalized spacial score (nSPS) is 10.6. The van der Waals surface area contributed by atoms with E-state index in [1.807, 2.05) is 68.4 Å². The number of thioether (sulfide) groups is 1. The molecule has 3 rings (SSSR count). The molecule has 0 aliphatic rings. The average Bonchev–Trinajstić information content (AvgIpc) is 2.81. The zero-order valence-electron chi connectivity index (χ0n) is 17.9. The van der Waals surface area contributed by atoms with Gasteiger partial charge in [-0.05, 0) is 55.3 Å². The van der Waals surface area contributed by atoms with E-state index in [2.05, 4.69) is 5.43 Å². The van der Waals surface area contributed by atoms with E-state index in [-0.39, 0.29) is 23.6 Å². The lowest BCUT2D eigenvalue weighted by atomic mass is 10.1. The van der Waals surface area contributed by atoms with Gasteiger partial charge in [0.2, 0.25) is 0 Å². The Kier molecular flexibility index (Phi) is 7.73. The van der Waals surface area contributed by atoms with Gasteiger partial charge in [0.25, 0.3) is 11.8 Å². The molecule has 0 saturated carbocycles. The second kappa shape index (κ2) is 10.7. The Morgan fingerprint density at radius 1 is 0.935 bits per heavy atom. The number of nitrogens with zero attached hydrogens (tertiary/aromatic N) is 1. The van der Waals surface area contributed by atoms with Gasteiger partial charge in [-0.3, -0.25) is 20.0 Å². The molecule has 0 fully saturated rings. The number of ether oxygens (including phenoxy) is 1. The monoisotopic (exact) mass is 434 g/mol. The molecule has 6 heteroatoms. The molecule has 0 aliphatic carbocycles. The van der Waals surface area contributed by atoms with Crippen LogP contribution in [0, 0.1) is 0 Å². The van der Waals surface area contributed by atoms with E-state index in [1.165, 1.54) is 16.8 Å². The summed E-state index contributed by atoms with van der Waals surface area (Å²) in [6.45, 7) is 3.75. The van der Waals surface area contributed by atoms with Crippen LogP contribution in [-0.4, -0.2) is 35.7 Å². The molecular formula is C25H26N2O3S. The maximum atomic E-state index is 12.9. The van der Waals surface area contributed by atoms with E-state index in [0.29, 0.717) is 5.56 Å². The fourth-order valence-electron chi connectivity index (χ4n) is 3.05. The summed E-state index contributed by atoms with van der Waals surface area (Å²) in [6, 6.07) is 24.5. The fraction of sp³-hybridized carbons (Fsp3) is 0.200. The molecule has 0 unspecified atom stereocenters. The van der Waals surface area contributed by atoms with Crippen molar-refractivity contribution in [2.75, 3.05) is 12.9 Å². The number of hydrazine groups is 1. The lowest BCUT2D eigenvalue weighted by Crippen LogP contribution is -2.50. The van der Waals surface area contributed by atoms with Crippen LogP contribution < -0.4 is 10.2 Å². The third-order valence-corrected chi connectivity index (χ3v) is 5.74. The minimum Gasteiger partial charge on any atom is -0.497 e. The smallest absolute Gasteiger partial charge is 0.269 e. The van der Waals surface area contributed by atoms with Gasteiger partial charge in [-0.15, -0.1) is 11.8 Å². The molecule has 0 aliphatic heterocycles. The molecule has 0 spiro atoms. The molecule has 3 aromatic carbocycles. The first-order valence-electron chi connectivity index (χ1n) is 10.0. The Hall–Kier alpha value is -3.25. The number of benzene rings is 3. The van der Waals surface area contributed by atoms with E-state index in [1.54, 1.807) is 31.4 Å². The number of carbonyl (C=O) groups excluding carboxylic acids is 2. The first kappa shape index (κ1) is 22.4. The Morgan fingerprint density at radius 2 is 1.58 bits per heavy atom. The highest BCUT2D eigenvalue weighted by atomic mass is 32.2. The highest BCUT2D eigenvalue weighted by Crippen LogP contribution is 2.32. The van der Waals surface area contributed by atoms with Crippen molar-refractivity contribution in [2.45, 2.75) is 24.8 Å². The topological polar surface area (TPSA) is 58.6 Å². The average molecular weight is 435 g/mol. The Balaban J connectivity index is 1.70. The molecular weight excluding hydrogens is 408 g/mol. The van der Waals surface area contributed by atoms with Gasteiger partial charge in [0.15, 0.2) is 0 Å². The summed E-state index contributed by atoms with van der Waals surface area (Å²) in [5.41, 5.74) is 5.36. The largest absolute Gasteiger partial charge is 0.497 e.